The number of carboxylic acid groups (broad SMARTS) is 1. The Morgan fingerprint density at radius 1 is 1.02 bits per heavy atom. The smallest absolute Gasteiger partial charge is 0.430 e. The van der Waals surface area contributed by atoms with E-state index in [9.17, 15) is 44.2 Å². The third-order valence-corrected chi connectivity index (χ3v) is 9.72. The zero-order valence-corrected chi connectivity index (χ0v) is 26.5. The number of benzene rings is 2. The van der Waals surface area contributed by atoms with Crippen LogP contribution < -0.4 is 35.3 Å². The van der Waals surface area contributed by atoms with E-state index in [1.807, 2.05) is 4.72 Å². The van der Waals surface area contributed by atoms with Crippen molar-refractivity contribution in [2.75, 3.05) is 32.6 Å². The van der Waals surface area contributed by atoms with Crippen molar-refractivity contribution in [2.45, 2.75) is 29.4 Å². The molecule has 3 rings (SSSR count). The van der Waals surface area contributed by atoms with E-state index in [0.717, 1.165) is 23.5 Å². The number of nitriles is 1. The molecule has 2 aromatic carbocycles. The fourth-order valence-electron chi connectivity index (χ4n) is 3.30. The first-order valence-corrected chi connectivity index (χ1v) is 17.1. The number of ether oxygens (including phenoxy) is 2. The van der Waals surface area contributed by atoms with Gasteiger partial charge in [0, 0.05) is 23.6 Å². The lowest BCUT2D eigenvalue weighted by molar-refractivity contribution is -0.369. The van der Waals surface area contributed by atoms with Crippen LogP contribution in [0.25, 0.3) is 10.1 Å². The van der Waals surface area contributed by atoms with Gasteiger partial charge in [0.15, 0.2) is 11.5 Å². The van der Waals surface area contributed by atoms with Crippen LogP contribution in [0.4, 0.5) is 26.3 Å². The lowest BCUT2D eigenvalue weighted by Gasteiger charge is -2.16. The molecule has 0 aliphatic carbocycles. The molecular weight excluding hydrogens is 709 g/mol. The minimum Gasteiger partial charge on any atom is -0.542 e. The van der Waals surface area contributed by atoms with Gasteiger partial charge in [-0.15, -0.1) is 11.3 Å². The van der Waals surface area contributed by atoms with Gasteiger partial charge in [0.05, 0.1) is 43.5 Å². The average Bonchev–Trinajstić information content (AvgIpc) is 3.40. The van der Waals surface area contributed by atoms with Gasteiger partial charge in [0.1, 0.15) is 22.2 Å². The predicted molar refractivity (Wildman–Crippen MR) is 150 cm³/mol. The third kappa shape index (κ3) is 12.2. The standard InChI is InChI=1S/C23H26F3N4O7PS2.C2HF3O2/c24-23(25,26)18-11-17(4-3-15(18)13-29)37-38(31,32)14-30-40(33,34)22-10-16-9-19(35-7-1-5-27)20(12-21(16)39-22)36-8-2-6-28;3-2(4,5)1(6)7/h3-4,9-12,30H,1-2,5-8,14,27-28H2,(H,31,32);(H,6,7)/p+1. The molecule has 1 aromatic heterocycles. The lowest BCUT2D eigenvalue weighted by Crippen LogP contribution is -2.50. The molecular formula is C25H28F6N4O9PS2+. The largest absolute Gasteiger partial charge is 0.542 e. The summed E-state index contributed by atoms with van der Waals surface area (Å²) < 4.78 is 128. The molecule has 22 heteroatoms. The number of hydrogen-bond acceptors (Lipinski definition) is 10. The molecule has 0 radical (unpaired) electrons. The Bertz CT molecular complexity index is 1700. The Balaban J connectivity index is 0.000000984. The van der Waals surface area contributed by atoms with Crippen molar-refractivity contribution < 1.29 is 79.6 Å². The second kappa shape index (κ2) is 16.5. The Morgan fingerprint density at radius 3 is 2.06 bits per heavy atom. The van der Waals surface area contributed by atoms with Crippen molar-refractivity contribution >= 4 is 45.0 Å². The van der Waals surface area contributed by atoms with Gasteiger partial charge in [0.2, 0.25) is 0 Å². The van der Waals surface area contributed by atoms with Crippen LogP contribution in [0.2, 0.25) is 0 Å². The number of aliphatic carboxylic acids is 1. The number of carboxylic acids is 1. The molecule has 260 valence electrons. The van der Waals surface area contributed by atoms with Gasteiger partial charge in [-0.3, -0.25) is 0 Å². The van der Waals surface area contributed by atoms with Crippen molar-refractivity contribution in [2.24, 2.45) is 0 Å². The second-order valence-electron chi connectivity index (χ2n) is 9.15. The van der Waals surface area contributed by atoms with E-state index in [1.165, 1.54) is 12.1 Å². The maximum atomic E-state index is 13.2. The number of hydrogen-bond donors (Lipinski definition) is 4. The van der Waals surface area contributed by atoms with Gasteiger partial charge in [-0.25, -0.2) is 13.0 Å². The maximum Gasteiger partial charge on any atom is 0.430 e. The molecule has 0 spiro atoms. The topological polar surface area (TPSA) is 230 Å². The van der Waals surface area contributed by atoms with Crippen molar-refractivity contribution in [3.05, 3.63) is 47.5 Å². The van der Waals surface area contributed by atoms with E-state index in [1.54, 1.807) is 12.1 Å². The number of rotatable bonds is 14. The average molecular weight is 738 g/mol. The summed E-state index contributed by atoms with van der Waals surface area (Å²) in [6.45, 7) is 2.10. The number of halogens is 6. The molecule has 0 saturated heterocycles. The normalized spacial score (nSPS) is 13.2. The molecule has 47 heavy (non-hydrogen) atoms. The molecule has 0 bridgehead atoms. The number of sulfonamides is 1. The van der Waals surface area contributed by atoms with E-state index >= 15 is 0 Å². The van der Waals surface area contributed by atoms with Crippen LogP contribution in [0.5, 0.6) is 17.2 Å². The van der Waals surface area contributed by atoms with E-state index < -0.39 is 59.1 Å². The van der Waals surface area contributed by atoms with Crippen LogP contribution >= 0.6 is 18.9 Å². The second-order valence-corrected chi connectivity index (χ2v) is 14.0. The van der Waals surface area contributed by atoms with E-state index in [0.29, 0.717) is 66.8 Å². The van der Waals surface area contributed by atoms with Gasteiger partial charge in [-0.2, -0.15) is 36.3 Å². The minimum atomic E-state index is -5.19. The highest BCUT2D eigenvalue weighted by Gasteiger charge is 2.35. The van der Waals surface area contributed by atoms with Crippen LogP contribution in [-0.2, 0) is 25.6 Å². The molecule has 1 unspecified atom stereocenters. The number of carbonyl (C=O) groups is 1. The zero-order valence-electron chi connectivity index (χ0n) is 24.0. The Kier molecular flexibility index (Phi) is 13.8. The number of thiophene rings is 1. The van der Waals surface area contributed by atoms with Crippen molar-refractivity contribution in [3.63, 3.8) is 0 Å². The number of nitrogens with zero attached hydrogens (tertiary/aromatic N) is 1. The zero-order chi connectivity index (χ0) is 35.6. The van der Waals surface area contributed by atoms with Gasteiger partial charge in [0.25, 0.3) is 10.0 Å². The number of fused-ring (bicyclic) bond motifs is 1. The van der Waals surface area contributed by atoms with Crippen LogP contribution in [0.15, 0.2) is 40.6 Å². The molecule has 0 saturated carbocycles. The fourth-order valence-corrected chi connectivity index (χ4v) is 7.25. The number of carbonyl (C=O) groups excluding carboxylic acids is 1. The van der Waals surface area contributed by atoms with E-state index in [2.05, 4.69) is 11.5 Å². The van der Waals surface area contributed by atoms with E-state index in [4.69, 9.17) is 29.2 Å². The lowest BCUT2D eigenvalue weighted by atomic mass is 10.1. The Labute approximate surface area is 267 Å². The highest BCUT2D eigenvalue weighted by atomic mass is 32.2. The van der Waals surface area contributed by atoms with Crippen molar-refractivity contribution in [3.8, 4) is 23.3 Å². The highest BCUT2D eigenvalue weighted by Crippen LogP contribution is 2.44. The summed E-state index contributed by atoms with van der Waals surface area (Å²) in [5.74, 6) is -2.81. The van der Waals surface area contributed by atoms with E-state index in [-0.39, 0.29) is 4.21 Å². The molecule has 8 N–H and O–H groups in total. The number of quaternary nitrogens is 2. The van der Waals surface area contributed by atoms with Crippen LogP contribution in [0.1, 0.15) is 24.0 Å². The summed E-state index contributed by atoms with van der Waals surface area (Å²) in [6, 6.07) is 8.11. The predicted octanol–water partition coefficient (Wildman–Crippen LogP) is 1.61. The maximum absolute atomic E-state index is 13.2. The molecule has 0 amide bonds. The van der Waals surface area contributed by atoms with Gasteiger partial charge in [-0.05, 0) is 35.7 Å². The molecule has 0 aliphatic heterocycles. The minimum absolute atomic E-state index is 0.182. The van der Waals surface area contributed by atoms with Crippen molar-refractivity contribution in [1.82, 2.24) is 4.72 Å². The Morgan fingerprint density at radius 2 is 1.57 bits per heavy atom. The summed E-state index contributed by atoms with van der Waals surface area (Å²) in [4.78, 5) is 18.9. The summed E-state index contributed by atoms with van der Waals surface area (Å²) in [5, 5.41) is 18.2. The van der Waals surface area contributed by atoms with Gasteiger partial charge < -0.3 is 40.3 Å². The summed E-state index contributed by atoms with van der Waals surface area (Å²) in [7, 11) is -9.12. The number of alkyl halides is 6. The molecule has 0 fully saturated rings. The molecule has 3 aromatic rings. The summed E-state index contributed by atoms with van der Waals surface area (Å²) in [5.41, 5.74) is 5.47. The first-order chi connectivity index (χ1) is 21.7. The highest BCUT2D eigenvalue weighted by molar-refractivity contribution is 7.92. The van der Waals surface area contributed by atoms with Crippen molar-refractivity contribution in [1.29, 1.82) is 5.26 Å². The summed E-state index contributed by atoms with van der Waals surface area (Å²) >= 11 is 0.882. The molecule has 0 aliphatic rings. The monoisotopic (exact) mass is 737 g/mol. The quantitative estimate of drug-likeness (QED) is 0.106. The molecule has 13 nitrogen and oxygen atoms in total. The first kappa shape index (κ1) is 39.5. The van der Waals surface area contributed by atoms with Gasteiger partial charge >= 0.3 is 19.9 Å². The summed E-state index contributed by atoms with van der Waals surface area (Å²) in [6.07, 6.45) is -9.83. The van der Waals surface area contributed by atoms with Crippen LogP contribution in [0, 0.1) is 11.3 Å². The first-order valence-electron chi connectivity index (χ1n) is 13.1. The van der Waals surface area contributed by atoms with Crippen LogP contribution in [0.3, 0.4) is 0 Å². The number of nitrogens with one attached hydrogen (secondary N) is 1. The Hall–Kier alpha value is -3.64. The fraction of sp³-hybridized carbons (Fsp3) is 0.360. The van der Waals surface area contributed by atoms with Crippen LogP contribution in [-0.4, -0.2) is 58.0 Å². The van der Waals surface area contributed by atoms with Gasteiger partial charge in [-0.1, -0.05) is 0 Å². The SMILES string of the molecule is N#Cc1ccc(OP(=O)(O)CNS(=O)(=O)c2cc3cc(OCCC[NH3+])c(OCCC[NH3+])cc3s2)cc1C(F)(F)F.O=C([O-])C(F)(F)F. The molecule has 1 heterocycles. The third-order valence-electron chi connectivity index (χ3n) is 5.48. The molecule has 1 atom stereocenters.